The molecule has 0 spiro atoms. The molecule has 0 aliphatic heterocycles. The van der Waals surface area contributed by atoms with Gasteiger partial charge in [0.2, 0.25) is 10.0 Å². The molecule has 0 bridgehead atoms. The number of hydrogen-bond donors (Lipinski definition) is 1. The van der Waals surface area contributed by atoms with Crippen molar-refractivity contribution in [3.63, 3.8) is 0 Å². The van der Waals surface area contributed by atoms with Crippen LogP contribution in [-0.4, -0.2) is 32.4 Å². The summed E-state index contributed by atoms with van der Waals surface area (Å²) in [5.41, 5.74) is 1.25. The fourth-order valence-electron chi connectivity index (χ4n) is 2.41. The van der Waals surface area contributed by atoms with E-state index in [4.69, 9.17) is 9.47 Å². The molecular formula is C16H23N3O4S. The quantitative estimate of drug-likeness (QED) is 0.826. The van der Waals surface area contributed by atoms with Crippen LogP contribution in [0.25, 0.3) is 0 Å². The van der Waals surface area contributed by atoms with Gasteiger partial charge in [-0.2, -0.15) is 5.10 Å². The first-order valence-corrected chi connectivity index (χ1v) is 9.09. The Kier molecular flexibility index (Phi) is 5.51. The molecule has 24 heavy (non-hydrogen) atoms. The van der Waals surface area contributed by atoms with Crippen LogP contribution in [0.2, 0.25) is 0 Å². The zero-order valence-corrected chi connectivity index (χ0v) is 15.3. The summed E-state index contributed by atoms with van der Waals surface area (Å²) in [5, 5.41) is 4.19. The van der Waals surface area contributed by atoms with Crippen molar-refractivity contribution in [2.24, 2.45) is 0 Å². The smallest absolute Gasteiger partial charge is 0.244 e. The largest absolute Gasteiger partial charge is 0.493 e. The zero-order chi connectivity index (χ0) is 17.9. The molecular weight excluding hydrogens is 330 g/mol. The van der Waals surface area contributed by atoms with Gasteiger partial charge in [-0.25, -0.2) is 13.1 Å². The standard InChI is InChI=1S/C16H23N3O4S/c1-6-19-10-16(12(3)17-19)24(20,21)18-11(2)13-7-8-14(22-4)15(9-13)23-5/h7-11,18H,6H2,1-5H3. The first-order valence-electron chi connectivity index (χ1n) is 7.60. The number of nitrogens with one attached hydrogen (secondary N) is 1. The number of methoxy groups -OCH3 is 2. The minimum absolute atomic E-state index is 0.191. The molecule has 1 aromatic heterocycles. The molecule has 0 aliphatic carbocycles. The third-order valence-electron chi connectivity index (χ3n) is 3.75. The molecule has 0 fully saturated rings. The number of aryl methyl sites for hydroxylation is 2. The van der Waals surface area contributed by atoms with Gasteiger partial charge in [0, 0.05) is 18.8 Å². The van der Waals surface area contributed by atoms with Crippen molar-refractivity contribution >= 4 is 10.0 Å². The van der Waals surface area contributed by atoms with Crippen molar-refractivity contribution in [2.45, 2.75) is 38.3 Å². The Bertz CT molecular complexity index is 815. The molecule has 2 aromatic rings. The monoisotopic (exact) mass is 353 g/mol. The summed E-state index contributed by atoms with van der Waals surface area (Å²) in [6.45, 7) is 5.98. The van der Waals surface area contributed by atoms with Gasteiger partial charge >= 0.3 is 0 Å². The van der Waals surface area contributed by atoms with Gasteiger partial charge < -0.3 is 9.47 Å². The van der Waals surface area contributed by atoms with Crippen molar-refractivity contribution in [3.05, 3.63) is 35.7 Å². The molecule has 0 amide bonds. The summed E-state index contributed by atoms with van der Waals surface area (Å²) in [5.74, 6) is 1.15. The minimum atomic E-state index is -3.67. The van der Waals surface area contributed by atoms with E-state index in [2.05, 4.69) is 9.82 Å². The lowest BCUT2D eigenvalue weighted by Gasteiger charge is -2.16. The Morgan fingerprint density at radius 2 is 1.92 bits per heavy atom. The third-order valence-corrected chi connectivity index (χ3v) is 5.40. The van der Waals surface area contributed by atoms with E-state index in [1.165, 1.54) is 0 Å². The molecule has 0 saturated heterocycles. The molecule has 1 unspecified atom stereocenters. The Balaban J connectivity index is 2.27. The van der Waals surface area contributed by atoms with E-state index in [9.17, 15) is 8.42 Å². The summed E-state index contributed by atoms with van der Waals surface area (Å²) >= 11 is 0. The number of benzene rings is 1. The van der Waals surface area contributed by atoms with Gasteiger partial charge in [-0.3, -0.25) is 4.68 Å². The number of hydrogen-bond acceptors (Lipinski definition) is 5. The summed E-state index contributed by atoms with van der Waals surface area (Å²) < 4.78 is 40.0. The average molecular weight is 353 g/mol. The van der Waals surface area contributed by atoms with Gasteiger partial charge in [0.15, 0.2) is 11.5 Å². The number of nitrogens with zero attached hydrogens (tertiary/aromatic N) is 2. The average Bonchev–Trinajstić information content (AvgIpc) is 2.95. The van der Waals surface area contributed by atoms with Crippen molar-refractivity contribution < 1.29 is 17.9 Å². The second-order valence-electron chi connectivity index (χ2n) is 5.39. The van der Waals surface area contributed by atoms with Crippen molar-refractivity contribution in [1.29, 1.82) is 0 Å². The maximum absolute atomic E-state index is 12.6. The highest BCUT2D eigenvalue weighted by Gasteiger charge is 2.23. The Hall–Kier alpha value is -2.06. The third kappa shape index (κ3) is 3.70. The molecule has 1 N–H and O–H groups in total. The van der Waals surface area contributed by atoms with Crippen LogP contribution in [0.3, 0.4) is 0 Å². The minimum Gasteiger partial charge on any atom is -0.493 e. The van der Waals surface area contributed by atoms with Gasteiger partial charge in [-0.05, 0) is 38.5 Å². The van der Waals surface area contributed by atoms with Crippen LogP contribution in [-0.2, 0) is 16.6 Å². The second kappa shape index (κ2) is 7.23. The van der Waals surface area contributed by atoms with E-state index in [0.717, 1.165) is 5.56 Å². The first-order chi connectivity index (χ1) is 11.3. The predicted octanol–water partition coefficient (Wildman–Crippen LogP) is 2.27. The second-order valence-corrected chi connectivity index (χ2v) is 7.07. The summed E-state index contributed by atoms with van der Waals surface area (Å²) in [4.78, 5) is 0.191. The van der Waals surface area contributed by atoms with Crippen LogP contribution in [0.15, 0.2) is 29.3 Å². The van der Waals surface area contributed by atoms with E-state index in [1.807, 2.05) is 6.92 Å². The Morgan fingerprint density at radius 3 is 2.46 bits per heavy atom. The van der Waals surface area contributed by atoms with Crippen molar-refractivity contribution in [3.8, 4) is 11.5 Å². The SMILES string of the molecule is CCn1cc(S(=O)(=O)NC(C)c2ccc(OC)c(OC)c2)c(C)n1. The molecule has 0 radical (unpaired) electrons. The molecule has 2 rings (SSSR count). The van der Waals surface area contributed by atoms with Crippen LogP contribution in [0.1, 0.15) is 31.1 Å². The van der Waals surface area contributed by atoms with Crippen LogP contribution in [0.5, 0.6) is 11.5 Å². The Labute approximate surface area is 142 Å². The number of sulfonamides is 1. The Morgan fingerprint density at radius 1 is 1.25 bits per heavy atom. The van der Waals surface area contributed by atoms with Gasteiger partial charge in [0.25, 0.3) is 0 Å². The lowest BCUT2D eigenvalue weighted by Crippen LogP contribution is -2.27. The van der Waals surface area contributed by atoms with E-state index in [0.29, 0.717) is 23.7 Å². The zero-order valence-electron chi connectivity index (χ0n) is 14.5. The highest BCUT2D eigenvalue weighted by Crippen LogP contribution is 2.30. The van der Waals surface area contributed by atoms with E-state index < -0.39 is 16.1 Å². The highest BCUT2D eigenvalue weighted by atomic mass is 32.2. The lowest BCUT2D eigenvalue weighted by atomic mass is 10.1. The predicted molar refractivity (Wildman–Crippen MR) is 90.9 cm³/mol. The normalized spacial score (nSPS) is 12.9. The maximum Gasteiger partial charge on any atom is 0.244 e. The molecule has 0 saturated carbocycles. The molecule has 0 aliphatic rings. The lowest BCUT2D eigenvalue weighted by molar-refractivity contribution is 0.354. The molecule has 1 atom stereocenters. The molecule has 132 valence electrons. The van der Waals surface area contributed by atoms with E-state index in [1.54, 1.807) is 57.1 Å². The van der Waals surface area contributed by atoms with Crippen molar-refractivity contribution in [1.82, 2.24) is 14.5 Å². The van der Waals surface area contributed by atoms with Gasteiger partial charge in [0.05, 0.1) is 19.9 Å². The first kappa shape index (κ1) is 18.3. The number of aromatic nitrogens is 2. The molecule has 8 heteroatoms. The van der Waals surface area contributed by atoms with Crippen molar-refractivity contribution in [2.75, 3.05) is 14.2 Å². The van der Waals surface area contributed by atoms with Crippen LogP contribution in [0, 0.1) is 6.92 Å². The maximum atomic E-state index is 12.6. The van der Waals surface area contributed by atoms with Crippen LogP contribution >= 0.6 is 0 Å². The van der Waals surface area contributed by atoms with E-state index >= 15 is 0 Å². The fourth-order valence-corrected chi connectivity index (χ4v) is 3.83. The summed E-state index contributed by atoms with van der Waals surface area (Å²) in [6, 6.07) is 4.88. The fraction of sp³-hybridized carbons (Fsp3) is 0.438. The van der Waals surface area contributed by atoms with Crippen LogP contribution < -0.4 is 14.2 Å². The van der Waals surface area contributed by atoms with Gasteiger partial charge in [0.1, 0.15) is 4.90 Å². The van der Waals surface area contributed by atoms with Gasteiger partial charge in [-0.15, -0.1) is 0 Å². The molecule has 7 nitrogen and oxygen atoms in total. The van der Waals surface area contributed by atoms with Gasteiger partial charge in [-0.1, -0.05) is 6.07 Å². The molecule has 1 aromatic carbocycles. The summed E-state index contributed by atoms with van der Waals surface area (Å²) in [6.07, 6.45) is 1.54. The number of rotatable bonds is 7. The number of ether oxygens (including phenoxy) is 2. The topological polar surface area (TPSA) is 82.5 Å². The highest BCUT2D eigenvalue weighted by molar-refractivity contribution is 7.89. The van der Waals surface area contributed by atoms with E-state index in [-0.39, 0.29) is 4.90 Å². The van der Waals surface area contributed by atoms with Crippen LogP contribution in [0.4, 0.5) is 0 Å². The molecule has 1 heterocycles. The summed E-state index contributed by atoms with van der Waals surface area (Å²) in [7, 11) is -0.574.